The van der Waals surface area contributed by atoms with Gasteiger partial charge in [0.25, 0.3) is 5.69 Å². The zero-order chi connectivity index (χ0) is 21.3. The molecule has 0 unspecified atom stereocenters. The predicted molar refractivity (Wildman–Crippen MR) is 81.1 cm³/mol. The number of nitro benzene ring substituents is 2. The van der Waals surface area contributed by atoms with Crippen LogP contribution in [-0.4, -0.2) is 22.2 Å². The first-order chi connectivity index (χ1) is 12.8. The van der Waals surface area contributed by atoms with E-state index in [1.807, 2.05) is 0 Å². The van der Waals surface area contributed by atoms with Crippen molar-refractivity contribution < 1.29 is 40.9 Å². The average Bonchev–Trinajstić information content (AvgIpc) is 2.54. The summed E-state index contributed by atoms with van der Waals surface area (Å²) < 4.78 is 81.4. The Morgan fingerprint density at radius 1 is 0.821 bits per heavy atom. The minimum absolute atomic E-state index is 0.302. The standard InChI is InChI=1S/C15H8F6N2O5/c16-14(17,18)13(15(19,20)21)8-1-4-10(5-2-8)28-12-6-3-9(22(24)25)7-11(12)23(26)27/h1-7,13H. The summed E-state index contributed by atoms with van der Waals surface area (Å²) >= 11 is 0. The molecule has 0 aliphatic heterocycles. The van der Waals surface area contributed by atoms with Crippen LogP contribution in [-0.2, 0) is 0 Å². The highest BCUT2D eigenvalue weighted by Gasteiger charge is 2.57. The second-order valence-corrected chi connectivity index (χ2v) is 5.35. The van der Waals surface area contributed by atoms with Gasteiger partial charge in [-0.1, -0.05) is 12.1 Å². The van der Waals surface area contributed by atoms with Crippen LogP contribution < -0.4 is 4.74 Å². The van der Waals surface area contributed by atoms with Gasteiger partial charge in [-0.05, 0) is 23.8 Å². The minimum Gasteiger partial charge on any atom is -0.450 e. The number of rotatable bonds is 5. The smallest absolute Gasteiger partial charge is 0.404 e. The summed E-state index contributed by atoms with van der Waals surface area (Å²) in [5.41, 5.74) is -2.50. The normalized spacial score (nSPS) is 12.1. The van der Waals surface area contributed by atoms with E-state index in [4.69, 9.17) is 4.74 Å². The van der Waals surface area contributed by atoms with Crippen molar-refractivity contribution in [2.75, 3.05) is 0 Å². The van der Waals surface area contributed by atoms with Gasteiger partial charge >= 0.3 is 18.0 Å². The van der Waals surface area contributed by atoms with Crippen LogP contribution in [0, 0.1) is 20.2 Å². The number of alkyl halides is 6. The molecule has 0 fully saturated rings. The maximum atomic E-state index is 12.7. The van der Waals surface area contributed by atoms with Crippen LogP contribution in [0.4, 0.5) is 37.7 Å². The summed E-state index contributed by atoms with van der Waals surface area (Å²) in [6.45, 7) is 0. The van der Waals surface area contributed by atoms with Gasteiger partial charge in [0, 0.05) is 6.07 Å². The fraction of sp³-hybridized carbons (Fsp3) is 0.200. The maximum absolute atomic E-state index is 12.7. The molecule has 0 bridgehead atoms. The topological polar surface area (TPSA) is 95.5 Å². The number of non-ortho nitro benzene ring substituents is 1. The van der Waals surface area contributed by atoms with E-state index in [1.54, 1.807) is 0 Å². The molecule has 0 radical (unpaired) electrons. The zero-order valence-corrected chi connectivity index (χ0v) is 13.3. The molecule has 0 spiro atoms. The molecule has 2 rings (SSSR count). The van der Waals surface area contributed by atoms with Crippen molar-refractivity contribution in [2.24, 2.45) is 0 Å². The summed E-state index contributed by atoms with van der Waals surface area (Å²) in [7, 11) is 0. The Kier molecular flexibility index (Phi) is 5.47. The largest absolute Gasteiger partial charge is 0.450 e. The van der Waals surface area contributed by atoms with E-state index in [2.05, 4.69) is 0 Å². The molecule has 0 aromatic heterocycles. The molecule has 28 heavy (non-hydrogen) atoms. The van der Waals surface area contributed by atoms with Crippen LogP contribution in [0.2, 0.25) is 0 Å². The molecule has 150 valence electrons. The molecular formula is C15H8F6N2O5. The van der Waals surface area contributed by atoms with E-state index in [9.17, 15) is 46.6 Å². The molecule has 0 aliphatic rings. The summed E-state index contributed by atoms with van der Waals surface area (Å²) in [5, 5.41) is 21.7. The molecule has 0 amide bonds. The van der Waals surface area contributed by atoms with Crippen LogP contribution in [0.3, 0.4) is 0 Å². The third-order valence-corrected chi connectivity index (χ3v) is 3.45. The van der Waals surface area contributed by atoms with E-state index in [1.165, 1.54) is 0 Å². The Hall–Kier alpha value is -3.38. The third kappa shape index (κ3) is 4.66. The summed E-state index contributed by atoms with van der Waals surface area (Å²) in [6.07, 6.45) is -11.1. The Morgan fingerprint density at radius 2 is 1.36 bits per heavy atom. The van der Waals surface area contributed by atoms with Gasteiger partial charge in [0.1, 0.15) is 5.75 Å². The van der Waals surface area contributed by atoms with Crippen molar-refractivity contribution >= 4 is 11.4 Å². The molecule has 0 saturated heterocycles. The van der Waals surface area contributed by atoms with E-state index in [0.717, 1.165) is 24.3 Å². The Bertz CT molecular complexity index is 881. The fourth-order valence-electron chi connectivity index (χ4n) is 2.27. The summed E-state index contributed by atoms with van der Waals surface area (Å²) in [6, 6.07) is 4.97. The quantitative estimate of drug-likeness (QED) is 0.368. The second kappa shape index (κ2) is 7.32. The first-order valence-electron chi connectivity index (χ1n) is 7.15. The van der Waals surface area contributed by atoms with Gasteiger partial charge < -0.3 is 4.74 Å². The second-order valence-electron chi connectivity index (χ2n) is 5.35. The lowest BCUT2D eigenvalue weighted by Crippen LogP contribution is -2.34. The number of nitro groups is 2. The van der Waals surface area contributed by atoms with E-state index >= 15 is 0 Å². The highest BCUT2D eigenvalue weighted by atomic mass is 19.4. The molecule has 2 aromatic rings. The first kappa shape index (κ1) is 20.9. The van der Waals surface area contributed by atoms with Crippen molar-refractivity contribution in [3.8, 4) is 11.5 Å². The van der Waals surface area contributed by atoms with Gasteiger partial charge in [0.2, 0.25) is 5.75 Å². The van der Waals surface area contributed by atoms with Crippen molar-refractivity contribution in [1.29, 1.82) is 0 Å². The van der Waals surface area contributed by atoms with Gasteiger partial charge in [-0.3, -0.25) is 20.2 Å². The van der Waals surface area contributed by atoms with Crippen LogP contribution in [0.15, 0.2) is 42.5 Å². The summed E-state index contributed by atoms with van der Waals surface area (Å²) in [5.74, 6) is -4.49. The average molecular weight is 410 g/mol. The number of hydrogen-bond acceptors (Lipinski definition) is 5. The molecule has 0 heterocycles. The Labute approximate surface area is 151 Å². The van der Waals surface area contributed by atoms with Crippen LogP contribution in [0.1, 0.15) is 11.5 Å². The lowest BCUT2D eigenvalue weighted by atomic mass is 9.98. The lowest BCUT2D eigenvalue weighted by molar-refractivity contribution is -0.394. The Morgan fingerprint density at radius 3 is 1.79 bits per heavy atom. The van der Waals surface area contributed by atoms with Crippen LogP contribution >= 0.6 is 0 Å². The number of ether oxygens (including phenoxy) is 1. The molecule has 13 heteroatoms. The van der Waals surface area contributed by atoms with Crippen LogP contribution in [0.5, 0.6) is 11.5 Å². The maximum Gasteiger partial charge on any atom is 0.404 e. The number of benzene rings is 2. The van der Waals surface area contributed by atoms with Crippen LogP contribution in [0.25, 0.3) is 0 Å². The van der Waals surface area contributed by atoms with Crippen molar-refractivity contribution in [2.45, 2.75) is 18.3 Å². The van der Waals surface area contributed by atoms with Gasteiger partial charge in [0.05, 0.1) is 15.9 Å². The van der Waals surface area contributed by atoms with E-state index in [-0.39, 0.29) is 5.75 Å². The van der Waals surface area contributed by atoms with E-state index in [0.29, 0.717) is 18.2 Å². The first-order valence-corrected chi connectivity index (χ1v) is 7.15. The van der Waals surface area contributed by atoms with Gasteiger partial charge in [0.15, 0.2) is 5.92 Å². The molecule has 7 nitrogen and oxygen atoms in total. The van der Waals surface area contributed by atoms with Gasteiger partial charge in [-0.2, -0.15) is 26.3 Å². The monoisotopic (exact) mass is 410 g/mol. The van der Waals surface area contributed by atoms with Gasteiger partial charge in [-0.25, -0.2) is 0 Å². The molecular weight excluding hydrogens is 402 g/mol. The fourth-order valence-corrected chi connectivity index (χ4v) is 2.27. The highest BCUT2D eigenvalue weighted by molar-refractivity contribution is 5.54. The van der Waals surface area contributed by atoms with Crippen molar-refractivity contribution in [1.82, 2.24) is 0 Å². The third-order valence-electron chi connectivity index (χ3n) is 3.45. The number of nitrogens with zero attached hydrogens (tertiary/aromatic N) is 2. The predicted octanol–water partition coefficient (Wildman–Crippen LogP) is 5.50. The molecule has 0 N–H and O–H groups in total. The Balaban J connectivity index is 2.35. The number of hydrogen-bond donors (Lipinski definition) is 0. The lowest BCUT2D eigenvalue weighted by Gasteiger charge is -2.23. The van der Waals surface area contributed by atoms with Crippen molar-refractivity contribution in [3.63, 3.8) is 0 Å². The minimum atomic E-state index is -5.57. The zero-order valence-electron chi connectivity index (χ0n) is 13.3. The number of halogens is 6. The molecule has 0 atom stereocenters. The summed E-state index contributed by atoms with van der Waals surface area (Å²) in [4.78, 5) is 19.8. The molecule has 0 aliphatic carbocycles. The molecule has 2 aromatic carbocycles. The van der Waals surface area contributed by atoms with Gasteiger partial charge in [-0.15, -0.1) is 0 Å². The van der Waals surface area contributed by atoms with E-state index < -0.39 is 50.8 Å². The van der Waals surface area contributed by atoms with Crippen molar-refractivity contribution in [3.05, 3.63) is 68.3 Å². The molecule has 0 saturated carbocycles. The highest BCUT2D eigenvalue weighted by Crippen LogP contribution is 2.46. The SMILES string of the molecule is O=[N+]([O-])c1ccc(Oc2ccc(C(C(F)(F)F)C(F)(F)F)cc2)c([N+](=O)[O-])c1.